The SMILES string of the molecule is CCNC(=NCCC(=O)Nc1ccc(C)cn1)NC1CCN(c2ccccc2)C1. The number of hydrogen-bond acceptors (Lipinski definition) is 4. The van der Waals surface area contributed by atoms with Crippen LogP contribution in [-0.2, 0) is 4.79 Å². The average molecular weight is 395 g/mol. The van der Waals surface area contributed by atoms with Gasteiger partial charge in [0, 0.05) is 44.0 Å². The maximum Gasteiger partial charge on any atom is 0.227 e. The first-order valence-corrected chi connectivity index (χ1v) is 10.2. The van der Waals surface area contributed by atoms with Gasteiger partial charge >= 0.3 is 0 Å². The summed E-state index contributed by atoms with van der Waals surface area (Å²) in [7, 11) is 0. The minimum Gasteiger partial charge on any atom is -0.369 e. The smallest absolute Gasteiger partial charge is 0.227 e. The molecule has 1 aromatic carbocycles. The molecule has 1 atom stereocenters. The number of hydrogen-bond donors (Lipinski definition) is 3. The highest BCUT2D eigenvalue weighted by atomic mass is 16.1. The zero-order valence-electron chi connectivity index (χ0n) is 17.2. The number of aromatic nitrogens is 1. The van der Waals surface area contributed by atoms with E-state index in [1.807, 2.05) is 26.0 Å². The standard InChI is InChI=1S/C22H30N6O/c1-3-23-22(24-13-11-21(29)27-20-10-9-17(2)15-25-20)26-18-12-14-28(16-18)19-7-5-4-6-8-19/h4-10,15,18H,3,11-14,16H2,1-2H3,(H2,23,24,26)(H,25,27,29). The molecule has 1 aliphatic rings. The topological polar surface area (TPSA) is 81.6 Å². The summed E-state index contributed by atoms with van der Waals surface area (Å²) in [4.78, 5) is 23.3. The van der Waals surface area contributed by atoms with Crippen LogP contribution < -0.4 is 20.9 Å². The number of anilines is 2. The molecule has 1 aliphatic heterocycles. The summed E-state index contributed by atoms with van der Waals surface area (Å²) in [5, 5.41) is 9.57. The fourth-order valence-electron chi connectivity index (χ4n) is 3.28. The largest absolute Gasteiger partial charge is 0.369 e. The highest BCUT2D eigenvalue weighted by molar-refractivity contribution is 5.90. The van der Waals surface area contributed by atoms with E-state index >= 15 is 0 Å². The van der Waals surface area contributed by atoms with Gasteiger partial charge in [-0.2, -0.15) is 0 Å². The lowest BCUT2D eigenvalue weighted by Crippen LogP contribution is -2.44. The predicted molar refractivity (Wildman–Crippen MR) is 118 cm³/mol. The van der Waals surface area contributed by atoms with Crippen LogP contribution in [0.4, 0.5) is 11.5 Å². The van der Waals surface area contributed by atoms with E-state index < -0.39 is 0 Å². The molecule has 7 nitrogen and oxygen atoms in total. The fraction of sp³-hybridized carbons (Fsp3) is 0.409. The molecule has 2 aromatic rings. The summed E-state index contributed by atoms with van der Waals surface area (Å²) in [5.41, 5.74) is 2.31. The summed E-state index contributed by atoms with van der Waals surface area (Å²) in [6.45, 7) is 7.16. The zero-order chi connectivity index (χ0) is 20.5. The van der Waals surface area contributed by atoms with Crippen molar-refractivity contribution in [3.8, 4) is 0 Å². The van der Waals surface area contributed by atoms with Gasteiger partial charge in [0.1, 0.15) is 5.82 Å². The Morgan fingerprint density at radius 2 is 2.07 bits per heavy atom. The van der Waals surface area contributed by atoms with Crippen LogP contribution in [0.15, 0.2) is 53.7 Å². The first kappa shape index (κ1) is 20.6. The second kappa shape index (κ2) is 10.5. The summed E-state index contributed by atoms with van der Waals surface area (Å²) in [6.07, 6.45) is 3.10. The van der Waals surface area contributed by atoms with E-state index in [2.05, 4.69) is 55.1 Å². The number of benzene rings is 1. The molecule has 7 heteroatoms. The molecule has 0 saturated carbocycles. The van der Waals surface area contributed by atoms with Crippen molar-refractivity contribution in [1.82, 2.24) is 15.6 Å². The van der Waals surface area contributed by atoms with Crippen LogP contribution in [0.1, 0.15) is 25.3 Å². The molecule has 0 aliphatic carbocycles. The van der Waals surface area contributed by atoms with E-state index in [4.69, 9.17) is 0 Å². The fourth-order valence-corrected chi connectivity index (χ4v) is 3.28. The van der Waals surface area contributed by atoms with E-state index in [1.54, 1.807) is 12.3 Å². The van der Waals surface area contributed by atoms with Gasteiger partial charge in [-0.3, -0.25) is 9.79 Å². The quantitative estimate of drug-likeness (QED) is 0.497. The van der Waals surface area contributed by atoms with Crippen molar-refractivity contribution in [1.29, 1.82) is 0 Å². The first-order chi connectivity index (χ1) is 14.1. The number of carbonyl (C=O) groups excluding carboxylic acids is 1. The van der Waals surface area contributed by atoms with Gasteiger partial charge in [0.05, 0.1) is 6.54 Å². The number of guanidine groups is 1. The van der Waals surface area contributed by atoms with Crippen molar-refractivity contribution in [3.05, 3.63) is 54.2 Å². The number of carbonyl (C=O) groups is 1. The summed E-state index contributed by atoms with van der Waals surface area (Å²) in [6, 6.07) is 14.5. The molecule has 3 rings (SSSR count). The number of pyridine rings is 1. The Labute approximate surface area is 172 Å². The predicted octanol–water partition coefficient (Wildman–Crippen LogP) is 2.55. The molecule has 1 unspecified atom stereocenters. The van der Waals surface area contributed by atoms with Crippen LogP contribution in [0.25, 0.3) is 0 Å². The highest BCUT2D eigenvalue weighted by Gasteiger charge is 2.23. The lowest BCUT2D eigenvalue weighted by Gasteiger charge is -2.20. The lowest BCUT2D eigenvalue weighted by atomic mass is 10.2. The van der Waals surface area contributed by atoms with Crippen LogP contribution in [0.3, 0.4) is 0 Å². The molecule has 3 N–H and O–H groups in total. The van der Waals surface area contributed by atoms with E-state index in [0.717, 1.165) is 37.6 Å². The molecule has 2 heterocycles. The molecule has 29 heavy (non-hydrogen) atoms. The third-order valence-corrected chi connectivity index (χ3v) is 4.78. The van der Waals surface area contributed by atoms with Crippen molar-refractivity contribution in [2.75, 3.05) is 36.4 Å². The molecule has 1 aromatic heterocycles. The van der Waals surface area contributed by atoms with Gasteiger partial charge in [-0.25, -0.2) is 4.98 Å². The molecule has 1 fully saturated rings. The molecule has 0 bridgehead atoms. The van der Waals surface area contributed by atoms with Gasteiger partial charge < -0.3 is 20.9 Å². The highest BCUT2D eigenvalue weighted by Crippen LogP contribution is 2.19. The monoisotopic (exact) mass is 394 g/mol. The number of para-hydroxylation sites is 1. The number of nitrogens with zero attached hydrogens (tertiary/aromatic N) is 3. The van der Waals surface area contributed by atoms with Gasteiger partial charge in [0.25, 0.3) is 0 Å². The van der Waals surface area contributed by atoms with Crippen LogP contribution in [0, 0.1) is 6.92 Å². The van der Waals surface area contributed by atoms with Crippen molar-refractivity contribution in [3.63, 3.8) is 0 Å². The Morgan fingerprint density at radius 3 is 2.79 bits per heavy atom. The Balaban J connectivity index is 1.47. The second-order valence-corrected chi connectivity index (χ2v) is 7.19. The molecule has 154 valence electrons. The molecule has 0 spiro atoms. The Kier molecular flexibility index (Phi) is 7.44. The Bertz CT molecular complexity index is 806. The zero-order valence-corrected chi connectivity index (χ0v) is 17.2. The third-order valence-electron chi connectivity index (χ3n) is 4.78. The van der Waals surface area contributed by atoms with Gasteiger partial charge in [0.2, 0.25) is 5.91 Å². The van der Waals surface area contributed by atoms with Crippen LogP contribution in [0.5, 0.6) is 0 Å². The molecule has 1 amide bonds. The van der Waals surface area contributed by atoms with Crippen molar-refractivity contribution in [2.24, 2.45) is 4.99 Å². The van der Waals surface area contributed by atoms with Crippen molar-refractivity contribution in [2.45, 2.75) is 32.7 Å². The van der Waals surface area contributed by atoms with Gasteiger partial charge in [-0.05, 0) is 44.0 Å². The number of aryl methyl sites for hydroxylation is 1. The van der Waals surface area contributed by atoms with Gasteiger partial charge in [-0.15, -0.1) is 0 Å². The van der Waals surface area contributed by atoms with E-state index in [-0.39, 0.29) is 5.91 Å². The number of rotatable bonds is 7. The molecule has 1 saturated heterocycles. The average Bonchev–Trinajstić information content (AvgIpc) is 3.19. The second-order valence-electron chi connectivity index (χ2n) is 7.19. The maximum absolute atomic E-state index is 12.1. The Hall–Kier alpha value is -3.09. The summed E-state index contributed by atoms with van der Waals surface area (Å²) < 4.78 is 0. The number of amides is 1. The summed E-state index contributed by atoms with van der Waals surface area (Å²) >= 11 is 0. The third kappa shape index (κ3) is 6.48. The van der Waals surface area contributed by atoms with Crippen molar-refractivity contribution < 1.29 is 4.79 Å². The van der Waals surface area contributed by atoms with Crippen LogP contribution >= 0.6 is 0 Å². The van der Waals surface area contributed by atoms with Crippen LogP contribution in [-0.4, -0.2) is 49.1 Å². The van der Waals surface area contributed by atoms with E-state index in [9.17, 15) is 4.79 Å². The molecular formula is C22H30N6O. The van der Waals surface area contributed by atoms with E-state index in [0.29, 0.717) is 24.8 Å². The lowest BCUT2D eigenvalue weighted by molar-refractivity contribution is -0.116. The molecule has 0 radical (unpaired) electrons. The van der Waals surface area contributed by atoms with Gasteiger partial charge in [0.15, 0.2) is 5.96 Å². The minimum atomic E-state index is -0.0860. The van der Waals surface area contributed by atoms with Crippen LogP contribution in [0.2, 0.25) is 0 Å². The minimum absolute atomic E-state index is 0.0860. The normalized spacial score (nSPS) is 16.6. The first-order valence-electron chi connectivity index (χ1n) is 10.2. The Morgan fingerprint density at radius 1 is 1.24 bits per heavy atom. The summed E-state index contributed by atoms with van der Waals surface area (Å²) in [5.74, 6) is 1.24. The van der Waals surface area contributed by atoms with Crippen molar-refractivity contribution >= 4 is 23.4 Å². The van der Waals surface area contributed by atoms with E-state index in [1.165, 1.54) is 5.69 Å². The van der Waals surface area contributed by atoms with Gasteiger partial charge in [-0.1, -0.05) is 24.3 Å². The number of nitrogens with one attached hydrogen (secondary N) is 3. The maximum atomic E-state index is 12.1. The molecular weight excluding hydrogens is 364 g/mol. The number of aliphatic imine (C=N–C) groups is 1.